The molecule has 0 aromatic carbocycles. The maximum absolute atomic E-state index is 13.8. The molecule has 8 aliphatic heterocycles. The second-order valence-corrected chi connectivity index (χ2v) is 27.8. The summed E-state index contributed by atoms with van der Waals surface area (Å²) < 4.78 is 86.9. The van der Waals surface area contributed by atoms with Crippen LogP contribution in [0.15, 0.2) is 0 Å². The number of fused-ring (bicyclic) bond motifs is 4. The van der Waals surface area contributed by atoms with Crippen LogP contribution in [0.1, 0.15) is 177 Å². The molecule has 8 fully saturated rings. The fourth-order valence-electron chi connectivity index (χ4n) is 12.6. The minimum Gasteiger partial charge on any atom is -1.00 e. The summed E-state index contributed by atoms with van der Waals surface area (Å²) in [6.45, 7) is 37.4. The largest absolute Gasteiger partial charge is 1.00 e. The Bertz CT molecular complexity index is 1970. The first-order valence-electron chi connectivity index (χ1n) is 29.8. The Labute approximate surface area is 504 Å². The van der Waals surface area contributed by atoms with Gasteiger partial charge in [0.05, 0.1) is 98.3 Å². The molecule has 0 aliphatic carbocycles. The van der Waals surface area contributed by atoms with Crippen LogP contribution in [-0.4, -0.2) is 185 Å². The van der Waals surface area contributed by atoms with Crippen LogP contribution in [-0.2, 0) is 80.7 Å². The first kappa shape index (κ1) is 69.9. The van der Waals surface area contributed by atoms with Crippen LogP contribution < -0.4 is 29.6 Å². The van der Waals surface area contributed by atoms with Gasteiger partial charge in [-0.25, -0.2) is 0 Å². The Morgan fingerprint density at radius 2 is 0.988 bits per heavy atom. The molecule has 17 atom stereocenters. The molecule has 8 heterocycles. The van der Waals surface area contributed by atoms with Crippen molar-refractivity contribution in [1.29, 1.82) is 0 Å². The van der Waals surface area contributed by atoms with Crippen molar-refractivity contribution in [2.75, 3.05) is 26.4 Å². The van der Waals surface area contributed by atoms with Gasteiger partial charge in [-0.1, -0.05) is 55.4 Å². The number of ketones is 1. The van der Waals surface area contributed by atoms with Gasteiger partial charge in [-0.2, -0.15) is 0 Å². The smallest absolute Gasteiger partial charge is 1.00 e. The van der Waals surface area contributed by atoms with Crippen molar-refractivity contribution in [2.45, 2.75) is 304 Å². The average Bonchev–Trinajstić information content (AvgIpc) is 4.08. The van der Waals surface area contributed by atoms with Gasteiger partial charge < -0.3 is 72.8 Å². The Kier molecular flexibility index (Phi) is 25.2. The van der Waals surface area contributed by atoms with Gasteiger partial charge in [-0.3, -0.25) is 14.4 Å². The number of hydrogen-bond donors (Lipinski definition) is 1. The van der Waals surface area contributed by atoms with Gasteiger partial charge in [0.25, 0.3) is 0 Å². The van der Waals surface area contributed by atoms with Crippen molar-refractivity contribution in [1.82, 2.24) is 0 Å². The zero-order valence-electron chi connectivity index (χ0n) is 53.2. The summed E-state index contributed by atoms with van der Waals surface area (Å²) >= 11 is 0. The van der Waals surface area contributed by atoms with Crippen LogP contribution in [0.3, 0.4) is 0 Å². The summed E-state index contributed by atoms with van der Waals surface area (Å²) in [6.07, 6.45) is -1.53. The van der Waals surface area contributed by atoms with E-state index in [1.807, 2.05) is 69.2 Å². The van der Waals surface area contributed by atoms with Crippen molar-refractivity contribution in [3.8, 4) is 0 Å². The van der Waals surface area contributed by atoms with Crippen molar-refractivity contribution in [3.63, 3.8) is 0 Å². The number of aliphatic hydroxyl groups excluding tert-OH is 1. The van der Waals surface area contributed by atoms with Gasteiger partial charge in [0.2, 0.25) is 0 Å². The standard InChI is InChI=1S/C30H52O9.C30H50O9.B.Na.H/c2*1-16(2)23(17(3)4)38-25-21(14-19-15-34-30(8,9)39-19)37-26-22(31)24-20(36-27(25)26)11-10-18(35-24)12-13-33-28(32)29(5,6)7;;;/h16-27,31H,10-15H2,1-9H3;16-21,23-27H,10-15H2,1-9H3;;;/q;;;+1;-1/t18?,19-,20+,21-,22+,24+,25+,26+,27+;18?,19-,20+,21-,24+,25+,26+,27+;;;/m11.../s1. The van der Waals surface area contributed by atoms with E-state index in [1.54, 1.807) is 0 Å². The van der Waals surface area contributed by atoms with Crippen molar-refractivity contribution in [3.05, 3.63) is 0 Å². The number of carbonyl (C=O) groups excluding carboxylic acids is 3. The summed E-state index contributed by atoms with van der Waals surface area (Å²) in [6, 6.07) is 0. The van der Waals surface area contributed by atoms with E-state index in [4.69, 9.17) is 66.3 Å². The topological polar surface area (TPSA) is 201 Å². The monoisotopic (exact) mass is 1150 g/mol. The molecular formula is C60H103BNaO18. The molecule has 0 saturated carbocycles. The normalized spacial score (nSPS) is 36.5. The Morgan fingerprint density at radius 3 is 1.43 bits per heavy atom. The van der Waals surface area contributed by atoms with E-state index in [-0.39, 0.29) is 131 Å². The average molecular weight is 1150 g/mol. The zero-order valence-corrected chi connectivity index (χ0v) is 54.2. The Hall–Kier alpha value is -0.845. The molecule has 8 aliphatic rings. The minimum absolute atomic E-state index is 0. The molecule has 3 radical (unpaired) electrons. The van der Waals surface area contributed by atoms with Gasteiger partial charge in [-0.05, 0) is 119 Å². The molecule has 2 unspecified atom stereocenters. The molecule has 0 bridgehead atoms. The minimum atomic E-state index is -0.849. The van der Waals surface area contributed by atoms with E-state index < -0.39 is 71.2 Å². The molecular weight excluding hydrogens is 1040 g/mol. The van der Waals surface area contributed by atoms with Crippen molar-refractivity contribution < 1.29 is 117 Å². The number of esters is 2. The molecule has 8 rings (SSSR count). The second-order valence-electron chi connectivity index (χ2n) is 27.8. The van der Waals surface area contributed by atoms with Gasteiger partial charge in [0, 0.05) is 34.1 Å². The summed E-state index contributed by atoms with van der Waals surface area (Å²) in [7, 11) is 0. The zero-order chi connectivity index (χ0) is 57.4. The SMILES string of the molecule is CC(C)C(O[C@@H]1[C@@H]2O[C@H]3CCC(CCOC(=O)C(C)(C)C)O[C@@H]3C(=O)[C@@H]2O[C@@H]1C[C@@H]1COC(C)(C)O1)C(C)C.CC(C)C(O[C@@H]1[C@@H]2O[C@H]3CCC(CCOC(=O)C(C)(C)C)O[C@@H]3[C@H](O)[C@@H]2O[C@@H]1C[C@@H]1COC(C)(C)O1)C(C)C.[B].[H-].[Na+]. The predicted molar refractivity (Wildman–Crippen MR) is 294 cm³/mol. The van der Waals surface area contributed by atoms with E-state index in [1.165, 1.54) is 0 Å². The van der Waals surface area contributed by atoms with Crippen molar-refractivity contribution >= 4 is 26.1 Å². The number of carbonyl (C=O) groups is 3. The number of aliphatic hydroxyl groups is 1. The van der Waals surface area contributed by atoms with Gasteiger partial charge >= 0.3 is 41.5 Å². The first-order chi connectivity index (χ1) is 36.3. The van der Waals surface area contributed by atoms with E-state index in [0.29, 0.717) is 75.6 Å². The van der Waals surface area contributed by atoms with E-state index >= 15 is 0 Å². The third kappa shape index (κ3) is 17.7. The molecule has 80 heavy (non-hydrogen) atoms. The summed E-state index contributed by atoms with van der Waals surface area (Å²) in [5.41, 5.74) is -1.09. The molecule has 18 nitrogen and oxygen atoms in total. The Balaban J connectivity index is 0.000000336. The van der Waals surface area contributed by atoms with Crippen LogP contribution in [0.25, 0.3) is 0 Å². The molecule has 0 aromatic rings. The maximum atomic E-state index is 13.8. The van der Waals surface area contributed by atoms with Crippen LogP contribution >= 0.6 is 0 Å². The van der Waals surface area contributed by atoms with E-state index in [0.717, 1.165) is 19.3 Å². The third-order valence-electron chi connectivity index (χ3n) is 16.4. The molecule has 0 spiro atoms. The maximum Gasteiger partial charge on any atom is 1.00 e. The summed E-state index contributed by atoms with van der Waals surface area (Å²) in [4.78, 5) is 38.0. The molecule has 8 saturated heterocycles. The number of Topliss-reactive ketones (excluding diaryl/α,β-unsaturated/α-hetero) is 1. The quantitative estimate of drug-likeness (QED) is 0.142. The first-order valence-corrected chi connectivity index (χ1v) is 29.8. The van der Waals surface area contributed by atoms with Gasteiger partial charge in [0.15, 0.2) is 17.4 Å². The molecule has 0 aromatic heterocycles. The summed E-state index contributed by atoms with van der Waals surface area (Å²) in [5.74, 6) is -0.578. The third-order valence-corrected chi connectivity index (χ3v) is 16.4. The van der Waals surface area contributed by atoms with Crippen LogP contribution in [0.2, 0.25) is 0 Å². The predicted octanol–water partition coefficient (Wildman–Crippen LogP) is 4.98. The fraction of sp³-hybridized carbons (Fsp3) is 0.950. The Morgan fingerprint density at radius 1 is 0.562 bits per heavy atom. The van der Waals surface area contributed by atoms with Crippen LogP contribution in [0.4, 0.5) is 0 Å². The van der Waals surface area contributed by atoms with Crippen molar-refractivity contribution in [2.24, 2.45) is 34.5 Å². The second kappa shape index (κ2) is 28.8. The molecule has 455 valence electrons. The molecule has 1 N–H and O–H groups in total. The van der Waals surface area contributed by atoms with Gasteiger partial charge in [-0.15, -0.1) is 0 Å². The van der Waals surface area contributed by atoms with E-state index in [2.05, 4.69) is 55.4 Å². The van der Waals surface area contributed by atoms with Crippen LogP contribution in [0, 0.1) is 34.5 Å². The number of rotatable bonds is 18. The fourth-order valence-corrected chi connectivity index (χ4v) is 12.6. The van der Waals surface area contributed by atoms with Gasteiger partial charge in [0.1, 0.15) is 54.9 Å². The summed E-state index contributed by atoms with van der Waals surface area (Å²) in [5, 5.41) is 11.5. The molecule has 0 amide bonds. The molecule has 20 heteroatoms. The van der Waals surface area contributed by atoms with E-state index in [9.17, 15) is 19.5 Å². The van der Waals surface area contributed by atoms with Crippen LogP contribution in [0.5, 0.6) is 0 Å². The number of hydrogen-bond acceptors (Lipinski definition) is 18. The number of ether oxygens (including phenoxy) is 14.